The number of amides is 1. The lowest BCUT2D eigenvalue weighted by molar-refractivity contribution is -0.121. The predicted octanol–water partition coefficient (Wildman–Crippen LogP) is 4.74. The maximum absolute atomic E-state index is 14.6. The maximum atomic E-state index is 14.6. The van der Waals surface area contributed by atoms with Crippen LogP contribution in [0.15, 0.2) is 72.8 Å². The Morgan fingerprint density at radius 1 is 1.11 bits per heavy atom. The lowest BCUT2D eigenvalue weighted by atomic mass is 9.98. The minimum atomic E-state index is -1.05. The zero-order chi connectivity index (χ0) is 25.2. The standard InChI is InChI=1S/C29H28FN3O3/c1-33(21-10-12-22(36-2)13-11-21)29(35)28-19-14-18(15-20(30)16-19)6-5-9-26-24(17-27(34)32-28)23-7-3-4-8-25(23)31-26/h3-8,10-16,27-28,31-32,34H,9,17H2,1-2H3/b6-5-/t27?,28-/m0/s1. The fourth-order valence-electron chi connectivity index (χ4n) is 4.76. The number of aliphatic hydroxyl groups excluding tert-OH is 1. The first-order valence-corrected chi connectivity index (χ1v) is 11.8. The van der Waals surface area contributed by atoms with E-state index in [4.69, 9.17) is 4.74 Å². The number of nitrogens with one attached hydrogen (secondary N) is 2. The number of para-hydroxylation sites is 1. The second kappa shape index (κ2) is 9.97. The van der Waals surface area contributed by atoms with E-state index in [1.165, 1.54) is 17.0 Å². The molecule has 3 N–H and O–H groups in total. The summed E-state index contributed by atoms with van der Waals surface area (Å²) in [7, 11) is 3.24. The van der Waals surface area contributed by atoms with Crippen LogP contribution in [0.4, 0.5) is 10.1 Å². The molecule has 6 nitrogen and oxygen atoms in total. The van der Waals surface area contributed by atoms with Gasteiger partial charge in [0.25, 0.3) is 0 Å². The van der Waals surface area contributed by atoms with Gasteiger partial charge in [-0.15, -0.1) is 0 Å². The molecular formula is C29H28FN3O3. The van der Waals surface area contributed by atoms with Gasteiger partial charge in [0, 0.05) is 42.2 Å². The summed E-state index contributed by atoms with van der Waals surface area (Å²) in [5, 5.41) is 15.2. The zero-order valence-electron chi connectivity index (χ0n) is 20.2. The quantitative estimate of drug-likeness (QED) is 0.392. The second-order valence-corrected chi connectivity index (χ2v) is 8.97. The van der Waals surface area contributed by atoms with Gasteiger partial charge in [0.05, 0.1) is 7.11 Å². The SMILES string of the molecule is COc1ccc(N(C)C(=O)[C@H]2NC(O)Cc3c([nH]c4ccccc34)C/C=C\c3cc(F)cc2c3)cc1. The number of nitrogens with zero attached hydrogens (tertiary/aromatic N) is 1. The van der Waals surface area contributed by atoms with Crippen LogP contribution in [-0.4, -0.2) is 36.4 Å². The van der Waals surface area contributed by atoms with Gasteiger partial charge in [-0.05, 0) is 65.2 Å². The van der Waals surface area contributed by atoms with Crippen LogP contribution < -0.4 is 15.0 Å². The van der Waals surface area contributed by atoms with Crippen molar-refractivity contribution in [2.75, 3.05) is 19.1 Å². The van der Waals surface area contributed by atoms with Crippen molar-refractivity contribution >= 4 is 28.6 Å². The lowest BCUT2D eigenvalue weighted by Crippen LogP contribution is -2.44. The van der Waals surface area contributed by atoms with E-state index in [0.29, 0.717) is 29.0 Å². The van der Waals surface area contributed by atoms with Crippen molar-refractivity contribution in [3.8, 4) is 5.75 Å². The highest BCUT2D eigenvalue weighted by Crippen LogP contribution is 2.28. The average Bonchev–Trinajstić information content (AvgIpc) is 3.22. The zero-order valence-corrected chi connectivity index (χ0v) is 20.2. The van der Waals surface area contributed by atoms with Gasteiger partial charge in [-0.3, -0.25) is 10.1 Å². The Labute approximate surface area is 209 Å². The van der Waals surface area contributed by atoms with Crippen molar-refractivity contribution in [2.24, 2.45) is 0 Å². The molecule has 0 saturated heterocycles. The fourth-order valence-corrected chi connectivity index (χ4v) is 4.76. The third kappa shape index (κ3) is 4.76. The molecule has 1 unspecified atom stereocenters. The highest BCUT2D eigenvalue weighted by Gasteiger charge is 2.28. The van der Waals surface area contributed by atoms with Crippen LogP contribution in [0.2, 0.25) is 0 Å². The van der Waals surface area contributed by atoms with Crippen molar-refractivity contribution < 1.29 is 19.0 Å². The molecule has 0 aliphatic carbocycles. The average molecular weight is 486 g/mol. The number of allylic oxidation sites excluding steroid dienone is 1. The van der Waals surface area contributed by atoms with E-state index in [-0.39, 0.29) is 12.3 Å². The first-order chi connectivity index (χ1) is 17.4. The Kier molecular flexibility index (Phi) is 6.59. The summed E-state index contributed by atoms with van der Waals surface area (Å²) in [6, 6.07) is 18.6. The Hall–Kier alpha value is -3.94. The molecule has 2 heterocycles. The van der Waals surface area contributed by atoms with Crippen molar-refractivity contribution in [1.82, 2.24) is 10.3 Å². The number of fused-ring (bicyclic) bond motifs is 5. The highest BCUT2D eigenvalue weighted by molar-refractivity contribution is 5.97. The monoisotopic (exact) mass is 485 g/mol. The number of benzene rings is 3. The van der Waals surface area contributed by atoms with E-state index in [1.54, 1.807) is 44.5 Å². The number of likely N-dealkylation sites (N-methyl/N-ethyl adjacent to an activating group) is 1. The van der Waals surface area contributed by atoms with Crippen molar-refractivity contribution in [3.63, 3.8) is 0 Å². The number of aliphatic hydroxyl groups is 1. The van der Waals surface area contributed by atoms with Crippen LogP contribution in [-0.2, 0) is 17.6 Å². The summed E-state index contributed by atoms with van der Waals surface area (Å²) in [6.45, 7) is 0. The molecule has 5 rings (SSSR count). The molecule has 0 saturated carbocycles. The Balaban J connectivity index is 1.55. The number of methoxy groups -OCH3 is 1. The molecule has 2 atom stereocenters. The number of hydrogen-bond donors (Lipinski definition) is 3. The smallest absolute Gasteiger partial charge is 0.248 e. The predicted molar refractivity (Wildman–Crippen MR) is 139 cm³/mol. The Morgan fingerprint density at radius 3 is 2.67 bits per heavy atom. The highest BCUT2D eigenvalue weighted by atomic mass is 19.1. The van der Waals surface area contributed by atoms with Crippen LogP contribution in [0.1, 0.15) is 28.4 Å². The van der Waals surface area contributed by atoms with Gasteiger partial charge in [-0.25, -0.2) is 4.39 Å². The molecule has 184 valence electrons. The van der Waals surface area contributed by atoms with Crippen molar-refractivity contribution in [2.45, 2.75) is 25.1 Å². The van der Waals surface area contributed by atoms with E-state index in [1.807, 2.05) is 36.4 Å². The molecule has 0 radical (unpaired) electrons. The van der Waals surface area contributed by atoms with Gasteiger partial charge in [-0.1, -0.05) is 30.4 Å². The topological polar surface area (TPSA) is 77.6 Å². The molecule has 3 aromatic carbocycles. The van der Waals surface area contributed by atoms with Gasteiger partial charge in [0.2, 0.25) is 5.91 Å². The summed E-state index contributed by atoms with van der Waals surface area (Å²) in [6.07, 6.45) is 3.66. The molecule has 4 aromatic rings. The van der Waals surface area contributed by atoms with E-state index < -0.39 is 18.1 Å². The van der Waals surface area contributed by atoms with Gasteiger partial charge in [-0.2, -0.15) is 0 Å². The number of rotatable bonds is 3. The van der Waals surface area contributed by atoms with Gasteiger partial charge in [0.15, 0.2) is 0 Å². The molecule has 7 heteroatoms. The molecule has 36 heavy (non-hydrogen) atoms. The summed E-state index contributed by atoms with van der Waals surface area (Å²) < 4.78 is 19.8. The minimum Gasteiger partial charge on any atom is -0.497 e. The van der Waals surface area contributed by atoms with E-state index in [0.717, 1.165) is 22.2 Å². The van der Waals surface area contributed by atoms with Gasteiger partial charge < -0.3 is 19.7 Å². The normalized spacial score (nSPS) is 18.6. The van der Waals surface area contributed by atoms with Crippen LogP contribution in [0.3, 0.4) is 0 Å². The minimum absolute atomic E-state index is 0.283. The van der Waals surface area contributed by atoms with Crippen molar-refractivity contribution in [3.05, 3.63) is 101 Å². The van der Waals surface area contributed by atoms with Crippen molar-refractivity contribution in [1.29, 1.82) is 0 Å². The summed E-state index contributed by atoms with van der Waals surface area (Å²) in [4.78, 5) is 18.6. The fraction of sp³-hybridized carbons (Fsp3) is 0.207. The number of anilines is 1. The molecule has 1 aliphatic rings. The number of ether oxygens (including phenoxy) is 1. The van der Waals surface area contributed by atoms with Gasteiger partial charge in [0.1, 0.15) is 23.8 Å². The Morgan fingerprint density at radius 2 is 1.89 bits per heavy atom. The number of carbonyl (C=O) groups is 1. The third-order valence-electron chi connectivity index (χ3n) is 6.60. The van der Waals surface area contributed by atoms with E-state index >= 15 is 0 Å². The Bertz CT molecular complexity index is 1430. The number of carbonyl (C=O) groups excluding carboxylic acids is 1. The van der Waals surface area contributed by atoms with Crippen LogP contribution in [0.5, 0.6) is 5.75 Å². The van der Waals surface area contributed by atoms with E-state index in [2.05, 4.69) is 10.3 Å². The molecule has 2 bridgehead atoms. The second-order valence-electron chi connectivity index (χ2n) is 8.97. The summed E-state index contributed by atoms with van der Waals surface area (Å²) >= 11 is 0. The lowest BCUT2D eigenvalue weighted by Gasteiger charge is -2.28. The molecular weight excluding hydrogens is 457 g/mol. The number of halogens is 1. The van der Waals surface area contributed by atoms with Gasteiger partial charge >= 0.3 is 0 Å². The largest absolute Gasteiger partial charge is 0.497 e. The van der Waals surface area contributed by atoms with Crippen LogP contribution >= 0.6 is 0 Å². The third-order valence-corrected chi connectivity index (χ3v) is 6.60. The summed E-state index contributed by atoms with van der Waals surface area (Å²) in [5.41, 5.74) is 4.68. The van der Waals surface area contributed by atoms with E-state index in [9.17, 15) is 14.3 Å². The van der Waals surface area contributed by atoms with Crippen LogP contribution in [0.25, 0.3) is 17.0 Å². The van der Waals surface area contributed by atoms with Crippen LogP contribution in [0, 0.1) is 5.82 Å². The molecule has 1 aromatic heterocycles. The molecule has 1 aliphatic heterocycles. The maximum Gasteiger partial charge on any atom is 0.248 e. The number of aromatic amines is 1. The number of aromatic nitrogens is 1. The molecule has 1 amide bonds. The molecule has 0 fully saturated rings. The number of H-pyrrole nitrogens is 1. The number of hydrogen-bond acceptors (Lipinski definition) is 4. The summed E-state index contributed by atoms with van der Waals surface area (Å²) in [5.74, 6) is -0.0945. The first kappa shape index (κ1) is 23.8. The first-order valence-electron chi connectivity index (χ1n) is 11.8. The molecule has 0 spiro atoms.